The van der Waals surface area contributed by atoms with Gasteiger partial charge in [-0.2, -0.15) is 13.2 Å². The van der Waals surface area contributed by atoms with Crippen molar-refractivity contribution in [3.63, 3.8) is 0 Å². The third-order valence-corrected chi connectivity index (χ3v) is 5.65. The molecule has 0 aromatic carbocycles. The molecule has 0 aliphatic carbocycles. The fourth-order valence-corrected chi connectivity index (χ4v) is 4.12. The zero-order valence-corrected chi connectivity index (χ0v) is 17.1. The summed E-state index contributed by atoms with van der Waals surface area (Å²) in [6.07, 6.45) is 0.938. The molecule has 3 saturated heterocycles. The number of carbonyl (C=O) groups is 2. The summed E-state index contributed by atoms with van der Waals surface area (Å²) in [7, 11) is 0. The highest BCUT2D eigenvalue weighted by atomic mass is 19.4. The van der Waals surface area contributed by atoms with E-state index in [2.05, 4.69) is 4.90 Å². The number of carboxylic acid groups (broad SMARTS) is 1. The number of aliphatic carboxylic acids is 1. The van der Waals surface area contributed by atoms with Crippen LogP contribution in [0, 0.1) is 11.8 Å². The van der Waals surface area contributed by atoms with E-state index in [1.165, 1.54) is 0 Å². The highest BCUT2D eigenvalue weighted by Crippen LogP contribution is 2.33. The molecule has 4 rings (SSSR count). The van der Waals surface area contributed by atoms with Gasteiger partial charge in [0.1, 0.15) is 5.76 Å². The summed E-state index contributed by atoms with van der Waals surface area (Å²) >= 11 is 0. The van der Waals surface area contributed by atoms with Crippen LogP contribution in [0.4, 0.5) is 13.2 Å². The van der Waals surface area contributed by atoms with Crippen LogP contribution in [-0.2, 0) is 25.7 Å². The summed E-state index contributed by atoms with van der Waals surface area (Å²) < 4.78 is 43.2. The third kappa shape index (κ3) is 6.68. The molecule has 1 amide bonds. The molecule has 3 aliphatic rings. The highest BCUT2D eigenvalue weighted by Gasteiger charge is 2.40. The number of halogens is 3. The van der Waals surface area contributed by atoms with Gasteiger partial charge in [0, 0.05) is 19.6 Å². The average molecular weight is 448 g/mol. The van der Waals surface area contributed by atoms with Crippen LogP contribution >= 0.6 is 0 Å². The van der Waals surface area contributed by atoms with Crippen LogP contribution < -0.4 is 0 Å². The number of piperidine rings is 1. The molecule has 11 heteroatoms. The molecule has 3 aliphatic heterocycles. The van der Waals surface area contributed by atoms with E-state index in [-0.39, 0.29) is 11.8 Å². The van der Waals surface area contributed by atoms with Crippen molar-refractivity contribution in [1.82, 2.24) is 9.96 Å². The molecule has 4 heterocycles. The number of alkyl halides is 3. The Kier molecular flexibility index (Phi) is 7.95. The van der Waals surface area contributed by atoms with Crippen LogP contribution in [0.5, 0.6) is 0 Å². The van der Waals surface area contributed by atoms with Crippen molar-refractivity contribution < 1.29 is 41.9 Å². The molecular formula is C20H27F3N2O6. The maximum absolute atomic E-state index is 12.7. The molecule has 31 heavy (non-hydrogen) atoms. The van der Waals surface area contributed by atoms with Crippen molar-refractivity contribution in [2.75, 3.05) is 32.8 Å². The highest BCUT2D eigenvalue weighted by molar-refractivity contribution is 5.78. The third-order valence-electron chi connectivity index (χ3n) is 5.65. The first-order valence-corrected chi connectivity index (χ1v) is 10.3. The van der Waals surface area contributed by atoms with E-state index in [1.54, 1.807) is 11.3 Å². The molecule has 1 aromatic rings. The number of hydroxylamine groups is 2. The minimum Gasteiger partial charge on any atom is -0.475 e. The van der Waals surface area contributed by atoms with Gasteiger partial charge in [-0.1, -0.05) is 0 Å². The molecule has 0 bridgehead atoms. The van der Waals surface area contributed by atoms with Crippen LogP contribution in [-0.4, -0.2) is 72.1 Å². The molecule has 0 saturated carbocycles. The van der Waals surface area contributed by atoms with Crippen molar-refractivity contribution in [1.29, 1.82) is 0 Å². The van der Waals surface area contributed by atoms with Gasteiger partial charge in [0.15, 0.2) is 0 Å². The number of carboxylic acids is 1. The molecule has 0 unspecified atom stereocenters. The summed E-state index contributed by atoms with van der Waals surface area (Å²) in [6, 6.07) is 3.95. The van der Waals surface area contributed by atoms with Gasteiger partial charge in [-0.25, -0.2) is 9.86 Å². The van der Waals surface area contributed by atoms with E-state index >= 15 is 0 Å². The second kappa shape index (κ2) is 10.5. The van der Waals surface area contributed by atoms with Crippen molar-refractivity contribution in [3.05, 3.63) is 24.2 Å². The van der Waals surface area contributed by atoms with Crippen LogP contribution in [0.15, 0.2) is 22.8 Å². The lowest BCUT2D eigenvalue weighted by Crippen LogP contribution is -2.51. The van der Waals surface area contributed by atoms with E-state index < -0.39 is 12.1 Å². The Hall–Kier alpha value is -2.11. The molecule has 0 spiro atoms. The van der Waals surface area contributed by atoms with E-state index in [1.807, 2.05) is 12.1 Å². The van der Waals surface area contributed by atoms with Crippen molar-refractivity contribution in [2.24, 2.45) is 11.8 Å². The predicted molar refractivity (Wildman–Crippen MR) is 101 cm³/mol. The largest absolute Gasteiger partial charge is 0.490 e. The summed E-state index contributed by atoms with van der Waals surface area (Å²) in [4.78, 5) is 29.5. The van der Waals surface area contributed by atoms with Gasteiger partial charge in [0.2, 0.25) is 0 Å². The first-order chi connectivity index (χ1) is 14.7. The Morgan fingerprint density at radius 3 is 2.61 bits per heavy atom. The van der Waals surface area contributed by atoms with E-state index in [0.29, 0.717) is 31.8 Å². The fraction of sp³-hybridized carbons (Fsp3) is 0.700. The lowest BCUT2D eigenvalue weighted by atomic mass is 9.83. The SMILES string of the molecule is O=C(O)C(F)(F)F.O=C([C@H]1CO[C@H]2CCN(Cc3ccco3)C[C@H]2C1)N1CCCCO1. The predicted octanol–water partition coefficient (Wildman–Crippen LogP) is 2.69. The monoisotopic (exact) mass is 448 g/mol. The summed E-state index contributed by atoms with van der Waals surface area (Å²) in [5.74, 6) is -1.29. The Bertz CT molecular complexity index is 721. The summed E-state index contributed by atoms with van der Waals surface area (Å²) in [5, 5.41) is 8.70. The van der Waals surface area contributed by atoms with Gasteiger partial charge < -0.3 is 14.3 Å². The van der Waals surface area contributed by atoms with Gasteiger partial charge in [0.25, 0.3) is 5.91 Å². The number of amides is 1. The van der Waals surface area contributed by atoms with Gasteiger partial charge >= 0.3 is 12.1 Å². The zero-order valence-electron chi connectivity index (χ0n) is 17.1. The fourth-order valence-electron chi connectivity index (χ4n) is 4.12. The number of hydrogen-bond donors (Lipinski definition) is 1. The number of hydrogen-bond acceptors (Lipinski definition) is 6. The van der Waals surface area contributed by atoms with Gasteiger partial charge in [-0.15, -0.1) is 0 Å². The maximum Gasteiger partial charge on any atom is 0.490 e. The van der Waals surface area contributed by atoms with E-state index in [4.69, 9.17) is 23.9 Å². The minimum atomic E-state index is -5.08. The molecule has 3 fully saturated rings. The second-order valence-corrected chi connectivity index (χ2v) is 7.95. The maximum atomic E-state index is 12.7. The van der Waals surface area contributed by atoms with Crippen LogP contribution in [0.3, 0.4) is 0 Å². The first kappa shape index (κ1) is 23.6. The Morgan fingerprint density at radius 2 is 2.00 bits per heavy atom. The smallest absolute Gasteiger partial charge is 0.475 e. The molecule has 1 aromatic heterocycles. The Labute approximate surface area is 177 Å². The number of ether oxygens (including phenoxy) is 1. The first-order valence-electron chi connectivity index (χ1n) is 10.3. The number of furan rings is 1. The standard InChI is InChI=1S/C18H26N2O4.C2HF3O2/c21-18(20-6-1-2-9-24-20)15-10-14-11-19(7-5-17(14)23-13-15)12-16-4-3-8-22-16;3-2(4,5)1(6)7/h3-4,8,14-15,17H,1-2,5-7,9-13H2;(H,6,7)/t14-,15-,17+;/m1./s1. The van der Waals surface area contributed by atoms with Crippen LogP contribution in [0.25, 0.3) is 0 Å². The van der Waals surface area contributed by atoms with Crippen molar-refractivity contribution in [2.45, 2.75) is 44.5 Å². The molecule has 8 nitrogen and oxygen atoms in total. The number of rotatable bonds is 3. The lowest BCUT2D eigenvalue weighted by Gasteiger charge is -2.43. The van der Waals surface area contributed by atoms with Crippen molar-refractivity contribution >= 4 is 11.9 Å². The quantitative estimate of drug-likeness (QED) is 0.760. The Morgan fingerprint density at radius 1 is 1.23 bits per heavy atom. The average Bonchev–Trinajstić information content (AvgIpc) is 3.26. The van der Waals surface area contributed by atoms with E-state index in [9.17, 15) is 18.0 Å². The molecular weight excluding hydrogens is 421 g/mol. The van der Waals surface area contributed by atoms with Crippen LogP contribution in [0.2, 0.25) is 0 Å². The summed E-state index contributed by atoms with van der Waals surface area (Å²) in [6.45, 7) is 4.74. The number of carbonyl (C=O) groups excluding carboxylic acids is 1. The minimum absolute atomic E-state index is 0.0621. The topological polar surface area (TPSA) is 92.4 Å². The number of nitrogens with zero attached hydrogens (tertiary/aromatic N) is 2. The molecule has 1 N–H and O–H groups in total. The molecule has 174 valence electrons. The van der Waals surface area contributed by atoms with Crippen LogP contribution in [0.1, 0.15) is 31.4 Å². The molecule has 3 atom stereocenters. The van der Waals surface area contributed by atoms with Crippen molar-refractivity contribution in [3.8, 4) is 0 Å². The normalized spacial score (nSPS) is 27.1. The number of fused-ring (bicyclic) bond motifs is 1. The summed E-state index contributed by atoms with van der Waals surface area (Å²) in [5.41, 5.74) is 0. The lowest BCUT2D eigenvalue weighted by molar-refractivity contribution is -0.208. The van der Waals surface area contributed by atoms with Gasteiger partial charge in [-0.3, -0.25) is 14.5 Å². The van der Waals surface area contributed by atoms with Gasteiger partial charge in [-0.05, 0) is 43.7 Å². The number of likely N-dealkylation sites (tertiary alicyclic amines) is 1. The molecule has 0 radical (unpaired) electrons. The van der Waals surface area contributed by atoms with E-state index in [0.717, 1.165) is 51.1 Å². The zero-order chi connectivity index (χ0) is 22.4. The second-order valence-electron chi connectivity index (χ2n) is 7.95. The Balaban J connectivity index is 0.000000339. The van der Waals surface area contributed by atoms with Gasteiger partial charge in [0.05, 0.1) is 38.0 Å².